The van der Waals surface area contributed by atoms with Crippen molar-refractivity contribution >= 4 is 17.2 Å². The van der Waals surface area contributed by atoms with Crippen molar-refractivity contribution < 1.29 is 14.3 Å². The van der Waals surface area contributed by atoms with Gasteiger partial charge < -0.3 is 14.4 Å². The molecule has 152 valence electrons. The highest BCUT2D eigenvalue weighted by Crippen LogP contribution is 2.28. The normalized spacial score (nSPS) is 11.7. The fourth-order valence-electron chi connectivity index (χ4n) is 2.97. The number of hydrogen-bond donors (Lipinski definition) is 0. The maximum atomic E-state index is 12.9. The van der Waals surface area contributed by atoms with E-state index in [2.05, 4.69) is 5.10 Å². The smallest absolute Gasteiger partial charge is 0.271 e. The van der Waals surface area contributed by atoms with Gasteiger partial charge in [0.2, 0.25) is 5.91 Å². The summed E-state index contributed by atoms with van der Waals surface area (Å²) in [4.78, 5) is 28.2. The number of carbonyl (C=O) groups is 1. The van der Waals surface area contributed by atoms with Crippen LogP contribution in [-0.4, -0.2) is 41.9 Å². The molecule has 0 aliphatic carbocycles. The summed E-state index contributed by atoms with van der Waals surface area (Å²) < 4.78 is 11.7. The molecule has 1 unspecified atom stereocenters. The molecule has 3 aromatic rings. The van der Waals surface area contributed by atoms with E-state index >= 15 is 0 Å². The average molecular weight is 413 g/mol. The van der Waals surface area contributed by atoms with Crippen molar-refractivity contribution in [3.63, 3.8) is 0 Å². The van der Waals surface area contributed by atoms with Gasteiger partial charge in [0.15, 0.2) is 5.75 Å². The van der Waals surface area contributed by atoms with E-state index < -0.39 is 11.6 Å². The molecule has 0 spiro atoms. The molecule has 8 heteroatoms. The first kappa shape index (κ1) is 20.6. The van der Waals surface area contributed by atoms with Crippen molar-refractivity contribution in [3.8, 4) is 22.8 Å². The Morgan fingerprint density at radius 2 is 1.93 bits per heavy atom. The van der Waals surface area contributed by atoms with Crippen LogP contribution in [0.15, 0.2) is 52.6 Å². The van der Waals surface area contributed by atoms with Crippen molar-refractivity contribution in [1.82, 2.24) is 14.7 Å². The fourth-order valence-corrected chi connectivity index (χ4v) is 3.73. The van der Waals surface area contributed by atoms with E-state index in [1.165, 1.54) is 17.9 Å². The lowest BCUT2D eigenvalue weighted by Crippen LogP contribution is -2.37. The lowest BCUT2D eigenvalue weighted by Gasteiger charge is -2.22. The summed E-state index contributed by atoms with van der Waals surface area (Å²) in [5.74, 6) is 0.863. The third-order valence-electron chi connectivity index (χ3n) is 4.58. The number of rotatable bonds is 7. The third-order valence-corrected chi connectivity index (χ3v) is 5.44. The summed E-state index contributed by atoms with van der Waals surface area (Å²) in [6.45, 7) is 2.16. The highest BCUT2D eigenvalue weighted by molar-refractivity contribution is 7.09. The van der Waals surface area contributed by atoms with Gasteiger partial charge in [0.05, 0.1) is 20.8 Å². The Labute approximate surface area is 173 Å². The van der Waals surface area contributed by atoms with Crippen LogP contribution in [0.1, 0.15) is 17.8 Å². The van der Waals surface area contributed by atoms with Crippen LogP contribution in [0.25, 0.3) is 11.3 Å². The molecule has 1 amide bonds. The van der Waals surface area contributed by atoms with Crippen LogP contribution in [0.4, 0.5) is 0 Å². The maximum absolute atomic E-state index is 12.9. The molecule has 2 aromatic heterocycles. The van der Waals surface area contributed by atoms with Gasteiger partial charge >= 0.3 is 0 Å². The highest BCUT2D eigenvalue weighted by Gasteiger charge is 2.23. The third kappa shape index (κ3) is 4.48. The monoisotopic (exact) mass is 413 g/mol. The Kier molecular flexibility index (Phi) is 6.33. The Hall–Kier alpha value is -3.13. The Bertz CT molecular complexity index is 1030. The number of hydrogen-bond acceptors (Lipinski definition) is 6. The van der Waals surface area contributed by atoms with Gasteiger partial charge in [-0.3, -0.25) is 9.59 Å². The average Bonchev–Trinajstić information content (AvgIpc) is 3.25. The topological polar surface area (TPSA) is 73.7 Å². The van der Waals surface area contributed by atoms with E-state index in [-0.39, 0.29) is 5.91 Å². The van der Waals surface area contributed by atoms with Gasteiger partial charge in [0.25, 0.3) is 5.56 Å². The molecule has 0 radical (unpaired) electrons. The first-order chi connectivity index (χ1) is 13.9. The van der Waals surface area contributed by atoms with Crippen molar-refractivity contribution in [1.29, 1.82) is 0 Å². The molecule has 29 heavy (non-hydrogen) atoms. The largest absolute Gasteiger partial charge is 0.497 e. The number of aromatic nitrogens is 2. The summed E-state index contributed by atoms with van der Waals surface area (Å²) in [6, 6.07) is 11.8. The Morgan fingerprint density at radius 1 is 1.21 bits per heavy atom. The standard InChI is InChI=1S/C21H23N3O4S/c1-14(21(26)23(2)13-17-6-5-11-29-17)24-19(25)12-18(28-4)20(22-24)15-7-9-16(27-3)10-8-15/h5-12,14H,13H2,1-4H3. The Balaban J connectivity index is 1.93. The van der Waals surface area contributed by atoms with Crippen LogP contribution < -0.4 is 15.0 Å². The summed E-state index contributed by atoms with van der Waals surface area (Å²) in [5, 5.41) is 6.43. The lowest BCUT2D eigenvalue weighted by atomic mass is 10.1. The summed E-state index contributed by atoms with van der Waals surface area (Å²) >= 11 is 1.58. The fraction of sp³-hybridized carbons (Fsp3) is 0.286. The molecule has 0 aliphatic heterocycles. The van der Waals surface area contributed by atoms with Crippen molar-refractivity contribution in [3.05, 3.63) is 63.1 Å². The number of benzene rings is 1. The lowest BCUT2D eigenvalue weighted by molar-refractivity contribution is -0.133. The van der Waals surface area contributed by atoms with Gasteiger partial charge in [-0.2, -0.15) is 5.10 Å². The minimum absolute atomic E-state index is 0.196. The van der Waals surface area contributed by atoms with E-state index in [1.54, 1.807) is 49.5 Å². The number of nitrogens with zero attached hydrogens (tertiary/aromatic N) is 3. The van der Waals surface area contributed by atoms with E-state index in [0.29, 0.717) is 23.7 Å². The molecular formula is C21H23N3O4S. The van der Waals surface area contributed by atoms with Crippen LogP contribution in [0, 0.1) is 0 Å². The number of thiophene rings is 1. The number of carbonyl (C=O) groups excluding carboxylic acids is 1. The predicted octanol–water partition coefficient (Wildman–Crippen LogP) is 3.21. The zero-order valence-electron chi connectivity index (χ0n) is 16.8. The molecule has 0 saturated carbocycles. The van der Waals surface area contributed by atoms with Crippen molar-refractivity contribution in [2.75, 3.05) is 21.3 Å². The first-order valence-electron chi connectivity index (χ1n) is 9.04. The van der Waals surface area contributed by atoms with Crippen LogP contribution in [0.3, 0.4) is 0 Å². The minimum atomic E-state index is -0.754. The minimum Gasteiger partial charge on any atom is -0.497 e. The number of ether oxygens (including phenoxy) is 2. The summed E-state index contributed by atoms with van der Waals surface area (Å²) in [7, 11) is 4.79. The van der Waals surface area contributed by atoms with Gasteiger partial charge in [-0.15, -0.1) is 11.3 Å². The molecule has 1 aromatic carbocycles. The quantitative estimate of drug-likeness (QED) is 0.595. The van der Waals surface area contributed by atoms with Crippen LogP contribution in [0.5, 0.6) is 11.5 Å². The molecule has 0 fully saturated rings. The second-order valence-corrected chi connectivity index (χ2v) is 7.55. The molecule has 0 saturated heterocycles. The zero-order chi connectivity index (χ0) is 21.0. The number of likely N-dealkylation sites (N-methyl/N-ethyl adjacent to an activating group) is 1. The molecule has 0 bridgehead atoms. The molecular weight excluding hydrogens is 390 g/mol. The number of methoxy groups -OCH3 is 2. The van der Waals surface area contributed by atoms with Gasteiger partial charge in [0, 0.05) is 23.6 Å². The van der Waals surface area contributed by atoms with Gasteiger partial charge in [-0.05, 0) is 42.6 Å². The van der Waals surface area contributed by atoms with E-state index in [1.807, 2.05) is 29.6 Å². The summed E-state index contributed by atoms with van der Waals surface area (Å²) in [6.07, 6.45) is 0. The van der Waals surface area contributed by atoms with Gasteiger partial charge in [0.1, 0.15) is 17.5 Å². The van der Waals surface area contributed by atoms with Crippen LogP contribution in [0.2, 0.25) is 0 Å². The van der Waals surface area contributed by atoms with Crippen molar-refractivity contribution in [2.24, 2.45) is 0 Å². The SMILES string of the molecule is COc1ccc(-c2nn(C(C)C(=O)N(C)Cc3cccs3)c(=O)cc2OC)cc1. The molecule has 1 atom stereocenters. The molecule has 0 N–H and O–H groups in total. The van der Waals surface area contributed by atoms with Crippen molar-refractivity contribution in [2.45, 2.75) is 19.5 Å². The van der Waals surface area contributed by atoms with Gasteiger partial charge in [-0.25, -0.2) is 4.68 Å². The zero-order valence-corrected chi connectivity index (χ0v) is 17.6. The second-order valence-electron chi connectivity index (χ2n) is 6.52. The van der Waals surface area contributed by atoms with E-state index in [9.17, 15) is 9.59 Å². The second kappa shape index (κ2) is 8.91. The first-order valence-corrected chi connectivity index (χ1v) is 9.92. The molecule has 0 aliphatic rings. The summed E-state index contributed by atoms with van der Waals surface area (Å²) in [5.41, 5.74) is 0.836. The van der Waals surface area contributed by atoms with Crippen LogP contribution in [-0.2, 0) is 11.3 Å². The molecule has 2 heterocycles. The van der Waals surface area contributed by atoms with Gasteiger partial charge in [-0.1, -0.05) is 6.07 Å². The van der Waals surface area contributed by atoms with E-state index in [0.717, 1.165) is 10.4 Å². The van der Waals surface area contributed by atoms with E-state index in [4.69, 9.17) is 9.47 Å². The predicted molar refractivity (Wildman–Crippen MR) is 113 cm³/mol. The van der Waals surface area contributed by atoms with Crippen LogP contribution >= 0.6 is 11.3 Å². The Morgan fingerprint density at radius 3 is 2.52 bits per heavy atom. The number of amides is 1. The molecule has 7 nitrogen and oxygen atoms in total. The highest BCUT2D eigenvalue weighted by atomic mass is 32.1. The molecule has 3 rings (SSSR count). The maximum Gasteiger partial charge on any atom is 0.271 e.